The molecule has 2 atom stereocenters. The third-order valence-corrected chi connectivity index (χ3v) is 4.96. The molecule has 0 saturated heterocycles. The van der Waals surface area contributed by atoms with Crippen LogP contribution < -0.4 is 0 Å². The highest BCUT2D eigenvalue weighted by Gasteiger charge is 2.42. The minimum absolute atomic E-state index is 0.00424. The number of sulfonamides is 1. The minimum Gasteiger partial charge on any atom is -0.383 e. The van der Waals surface area contributed by atoms with Gasteiger partial charge in [-0.15, -0.1) is 4.40 Å². The maximum atomic E-state index is 12.1. The summed E-state index contributed by atoms with van der Waals surface area (Å²) in [4.78, 5) is 15.6. The Morgan fingerprint density at radius 2 is 1.75 bits per heavy atom. The molecular formula is C17H23N3O3S. The molecule has 0 radical (unpaired) electrons. The van der Waals surface area contributed by atoms with Crippen molar-refractivity contribution in [3.05, 3.63) is 42.1 Å². The number of carbonyl (C=O) groups excluding carboxylic acids is 1. The Balaban J connectivity index is 2.05. The molecular weight excluding hydrogens is 326 g/mol. The van der Waals surface area contributed by atoms with Gasteiger partial charge >= 0.3 is 0 Å². The van der Waals surface area contributed by atoms with Gasteiger partial charge in [0.1, 0.15) is 6.34 Å². The maximum Gasteiger partial charge on any atom is 0.283 e. The second kappa shape index (κ2) is 7.17. The van der Waals surface area contributed by atoms with E-state index in [9.17, 15) is 13.2 Å². The minimum atomic E-state index is -3.68. The van der Waals surface area contributed by atoms with Gasteiger partial charge in [-0.25, -0.2) is 0 Å². The van der Waals surface area contributed by atoms with Crippen LogP contribution in [0.3, 0.4) is 0 Å². The molecule has 0 amide bonds. The van der Waals surface area contributed by atoms with Gasteiger partial charge in [-0.3, -0.25) is 4.79 Å². The molecule has 7 heteroatoms. The molecule has 0 aromatic heterocycles. The summed E-state index contributed by atoms with van der Waals surface area (Å²) in [6.07, 6.45) is 5.41. The van der Waals surface area contributed by atoms with E-state index in [1.54, 1.807) is 55.5 Å². The van der Waals surface area contributed by atoms with Crippen LogP contribution in [0, 0.1) is 5.92 Å². The zero-order valence-corrected chi connectivity index (χ0v) is 15.2. The van der Waals surface area contributed by atoms with E-state index >= 15 is 0 Å². The molecule has 0 heterocycles. The van der Waals surface area contributed by atoms with Crippen LogP contribution in [0.5, 0.6) is 0 Å². The molecule has 24 heavy (non-hydrogen) atoms. The van der Waals surface area contributed by atoms with E-state index in [0.717, 1.165) is 12.0 Å². The number of carbonyl (C=O) groups is 1. The monoisotopic (exact) mass is 349 g/mol. The van der Waals surface area contributed by atoms with Crippen molar-refractivity contribution in [1.29, 1.82) is 0 Å². The quantitative estimate of drug-likeness (QED) is 0.426. The lowest BCUT2D eigenvalue weighted by Gasteiger charge is -2.05. The fraction of sp³-hybridized carbons (Fsp3) is 0.412. The Kier molecular flexibility index (Phi) is 5.43. The van der Waals surface area contributed by atoms with Crippen LogP contribution >= 0.6 is 0 Å². The van der Waals surface area contributed by atoms with E-state index in [1.807, 2.05) is 19.0 Å². The third-order valence-electron chi connectivity index (χ3n) is 3.72. The molecule has 1 saturated carbocycles. The number of nitrogens with zero attached hydrogens (tertiary/aromatic N) is 3. The van der Waals surface area contributed by atoms with Crippen molar-refractivity contribution in [2.24, 2.45) is 10.3 Å². The maximum absolute atomic E-state index is 12.1. The van der Waals surface area contributed by atoms with Crippen LogP contribution in [0.15, 0.2) is 45.8 Å². The molecule has 0 bridgehead atoms. The van der Waals surface area contributed by atoms with Gasteiger partial charge < -0.3 is 9.80 Å². The van der Waals surface area contributed by atoms with Gasteiger partial charge in [0.25, 0.3) is 10.0 Å². The van der Waals surface area contributed by atoms with Gasteiger partial charge in [0.15, 0.2) is 5.78 Å². The van der Waals surface area contributed by atoms with Crippen molar-refractivity contribution >= 4 is 22.1 Å². The second-order valence-electron chi connectivity index (χ2n) is 6.36. The van der Waals surface area contributed by atoms with E-state index < -0.39 is 10.0 Å². The van der Waals surface area contributed by atoms with Crippen molar-refractivity contribution in [2.45, 2.75) is 17.2 Å². The molecule has 0 aliphatic heterocycles. The Morgan fingerprint density at radius 3 is 2.29 bits per heavy atom. The van der Waals surface area contributed by atoms with E-state index in [4.69, 9.17) is 0 Å². The molecule has 6 nitrogen and oxygen atoms in total. The summed E-state index contributed by atoms with van der Waals surface area (Å²) in [5.74, 6) is 0.280. The summed E-state index contributed by atoms with van der Waals surface area (Å²) < 4.78 is 27.7. The number of benzene rings is 1. The normalized spacial score (nSPS) is 20.5. The fourth-order valence-electron chi connectivity index (χ4n) is 2.33. The van der Waals surface area contributed by atoms with Crippen LogP contribution in [0.2, 0.25) is 0 Å². The van der Waals surface area contributed by atoms with Crippen molar-refractivity contribution in [3.8, 4) is 0 Å². The first-order valence-electron chi connectivity index (χ1n) is 7.66. The lowest BCUT2D eigenvalue weighted by molar-refractivity contribution is -0.115. The standard InChI is InChI=1S/C17H23N3O3S/c1-19(2)10-9-17(21)16-11-15(16)13-5-7-14(8-6-13)24(22,23)18-12-20(3)4/h5-10,12,15-16H,11H2,1-4H3/b10-9+,18-12+/t15?,16-/m1/s1. The Bertz CT molecular complexity index is 750. The van der Waals surface area contributed by atoms with Gasteiger partial charge in [0.2, 0.25) is 0 Å². The van der Waals surface area contributed by atoms with Gasteiger partial charge in [0, 0.05) is 40.3 Å². The predicted octanol–water partition coefficient (Wildman–Crippen LogP) is 1.71. The molecule has 1 aromatic carbocycles. The fourth-order valence-corrected chi connectivity index (χ4v) is 3.24. The Labute approximate surface area is 143 Å². The number of rotatable bonds is 7. The average Bonchev–Trinajstić information content (AvgIpc) is 3.31. The first-order valence-corrected chi connectivity index (χ1v) is 9.10. The van der Waals surface area contributed by atoms with Crippen LogP contribution in [0.1, 0.15) is 17.9 Å². The van der Waals surface area contributed by atoms with Crippen molar-refractivity contribution in [1.82, 2.24) is 9.80 Å². The van der Waals surface area contributed by atoms with Gasteiger partial charge in [-0.1, -0.05) is 12.1 Å². The smallest absolute Gasteiger partial charge is 0.283 e. The summed E-state index contributed by atoms with van der Waals surface area (Å²) in [6, 6.07) is 6.64. The highest BCUT2D eigenvalue weighted by molar-refractivity contribution is 7.90. The molecule has 2 rings (SSSR count). The highest BCUT2D eigenvalue weighted by atomic mass is 32.2. The van der Waals surface area contributed by atoms with E-state index in [1.165, 1.54) is 6.34 Å². The van der Waals surface area contributed by atoms with E-state index in [2.05, 4.69) is 4.40 Å². The van der Waals surface area contributed by atoms with E-state index in [0.29, 0.717) is 0 Å². The summed E-state index contributed by atoms with van der Waals surface area (Å²) in [5, 5.41) is 0. The number of allylic oxidation sites excluding steroid dienone is 1. The summed E-state index contributed by atoms with van der Waals surface area (Å²) >= 11 is 0. The first kappa shape index (κ1) is 18.2. The molecule has 0 N–H and O–H groups in total. The topological polar surface area (TPSA) is 70.0 Å². The summed E-state index contributed by atoms with van der Waals surface area (Å²) in [6.45, 7) is 0. The predicted molar refractivity (Wildman–Crippen MR) is 94.5 cm³/mol. The van der Waals surface area contributed by atoms with Gasteiger partial charge in [-0.05, 0) is 36.1 Å². The Morgan fingerprint density at radius 1 is 1.12 bits per heavy atom. The average molecular weight is 349 g/mol. The largest absolute Gasteiger partial charge is 0.383 e. The summed E-state index contributed by atoms with van der Waals surface area (Å²) in [5.41, 5.74) is 0.988. The first-order chi connectivity index (χ1) is 11.2. The van der Waals surface area contributed by atoms with Crippen molar-refractivity contribution < 1.29 is 13.2 Å². The highest BCUT2D eigenvalue weighted by Crippen LogP contribution is 2.48. The number of hydrogen-bond donors (Lipinski definition) is 0. The third kappa shape index (κ3) is 4.67. The van der Waals surface area contributed by atoms with Crippen LogP contribution in [0.4, 0.5) is 0 Å². The second-order valence-corrected chi connectivity index (χ2v) is 7.99. The zero-order valence-electron chi connectivity index (χ0n) is 14.4. The lowest BCUT2D eigenvalue weighted by Crippen LogP contribution is -2.10. The Hall–Kier alpha value is -2.15. The lowest BCUT2D eigenvalue weighted by atomic mass is 10.1. The van der Waals surface area contributed by atoms with Crippen LogP contribution in [0.25, 0.3) is 0 Å². The zero-order chi connectivity index (χ0) is 17.9. The number of ketones is 1. The van der Waals surface area contributed by atoms with Crippen LogP contribution in [-0.2, 0) is 14.8 Å². The molecule has 1 aliphatic rings. The van der Waals surface area contributed by atoms with Crippen LogP contribution in [-0.4, -0.2) is 58.5 Å². The molecule has 1 fully saturated rings. The molecule has 1 aliphatic carbocycles. The van der Waals surface area contributed by atoms with Gasteiger partial charge in [0.05, 0.1) is 4.90 Å². The molecule has 1 aromatic rings. The molecule has 0 spiro atoms. The summed E-state index contributed by atoms with van der Waals surface area (Å²) in [7, 11) is 3.46. The number of hydrogen-bond acceptors (Lipinski definition) is 4. The van der Waals surface area contributed by atoms with Crippen molar-refractivity contribution in [3.63, 3.8) is 0 Å². The SMILES string of the molecule is CN(C)/C=C/C(=O)[C@@H]1CC1c1ccc(S(=O)(=O)/N=C/N(C)C)cc1. The molecule has 1 unspecified atom stereocenters. The van der Waals surface area contributed by atoms with Gasteiger partial charge in [-0.2, -0.15) is 8.42 Å². The van der Waals surface area contributed by atoms with E-state index in [-0.39, 0.29) is 22.5 Å². The molecule has 130 valence electrons. The van der Waals surface area contributed by atoms with Crippen molar-refractivity contribution in [2.75, 3.05) is 28.2 Å².